The molecule has 3 aromatic carbocycles. The number of methoxy groups -OCH3 is 1. The molecular formula is C23H19NO5. The van der Waals surface area contributed by atoms with E-state index in [2.05, 4.69) is 10.1 Å². The van der Waals surface area contributed by atoms with Gasteiger partial charge in [0, 0.05) is 11.3 Å². The first-order valence-electron chi connectivity index (χ1n) is 8.87. The molecule has 0 fully saturated rings. The average molecular weight is 389 g/mol. The maximum absolute atomic E-state index is 12.3. The van der Waals surface area contributed by atoms with Crippen molar-refractivity contribution in [2.45, 2.75) is 6.61 Å². The number of amides is 1. The van der Waals surface area contributed by atoms with Crippen LogP contribution in [0.4, 0.5) is 5.69 Å². The van der Waals surface area contributed by atoms with Crippen molar-refractivity contribution in [2.75, 3.05) is 12.4 Å². The van der Waals surface area contributed by atoms with Gasteiger partial charge in [-0.15, -0.1) is 0 Å². The largest absolute Gasteiger partial charge is 0.465 e. The summed E-state index contributed by atoms with van der Waals surface area (Å²) in [6, 6.07) is 21.9. The van der Waals surface area contributed by atoms with E-state index >= 15 is 0 Å². The third-order valence-corrected chi connectivity index (χ3v) is 4.14. The number of nitrogens with one attached hydrogen (secondary N) is 1. The van der Waals surface area contributed by atoms with E-state index in [-0.39, 0.29) is 12.5 Å². The van der Waals surface area contributed by atoms with E-state index in [4.69, 9.17) is 4.74 Å². The molecule has 146 valence electrons. The Hall–Kier alpha value is -3.93. The SMILES string of the molecule is COC(=O)c1ccc(COC(=O)c2cccc(NC(=O)c3ccccc3)c2)cc1. The Morgan fingerprint density at radius 2 is 1.45 bits per heavy atom. The van der Waals surface area contributed by atoms with Gasteiger partial charge in [-0.1, -0.05) is 36.4 Å². The second-order valence-electron chi connectivity index (χ2n) is 6.17. The van der Waals surface area contributed by atoms with Gasteiger partial charge in [-0.3, -0.25) is 4.79 Å². The summed E-state index contributed by atoms with van der Waals surface area (Å²) in [5, 5.41) is 2.76. The average Bonchev–Trinajstić information content (AvgIpc) is 2.78. The van der Waals surface area contributed by atoms with Gasteiger partial charge in [0.2, 0.25) is 0 Å². The number of hydrogen-bond acceptors (Lipinski definition) is 5. The maximum atomic E-state index is 12.3. The highest BCUT2D eigenvalue weighted by Gasteiger charge is 2.11. The number of ether oxygens (including phenoxy) is 2. The maximum Gasteiger partial charge on any atom is 0.338 e. The van der Waals surface area contributed by atoms with Crippen LogP contribution in [0.25, 0.3) is 0 Å². The fourth-order valence-corrected chi connectivity index (χ4v) is 2.60. The number of esters is 2. The van der Waals surface area contributed by atoms with Crippen molar-refractivity contribution < 1.29 is 23.9 Å². The standard InChI is InChI=1S/C23H19NO5/c1-28-22(26)18-12-10-16(11-13-18)15-29-23(27)19-8-5-9-20(14-19)24-21(25)17-6-3-2-4-7-17/h2-14H,15H2,1H3,(H,24,25). The van der Waals surface area contributed by atoms with Crippen molar-refractivity contribution in [3.05, 3.63) is 101 Å². The molecule has 0 unspecified atom stereocenters. The van der Waals surface area contributed by atoms with E-state index < -0.39 is 11.9 Å². The highest BCUT2D eigenvalue weighted by atomic mass is 16.5. The number of carbonyl (C=O) groups is 3. The summed E-state index contributed by atoms with van der Waals surface area (Å²) in [5.74, 6) is -1.21. The van der Waals surface area contributed by atoms with Gasteiger partial charge in [0.15, 0.2) is 0 Å². The number of anilines is 1. The zero-order chi connectivity index (χ0) is 20.6. The van der Waals surface area contributed by atoms with Gasteiger partial charge in [0.25, 0.3) is 5.91 Å². The Morgan fingerprint density at radius 1 is 0.759 bits per heavy atom. The van der Waals surface area contributed by atoms with E-state index in [1.165, 1.54) is 7.11 Å². The summed E-state index contributed by atoms with van der Waals surface area (Å²) in [5.41, 5.74) is 2.50. The van der Waals surface area contributed by atoms with Gasteiger partial charge in [-0.05, 0) is 48.0 Å². The molecule has 6 nitrogen and oxygen atoms in total. The molecule has 6 heteroatoms. The van der Waals surface area contributed by atoms with Crippen LogP contribution in [0, 0.1) is 0 Å². The zero-order valence-corrected chi connectivity index (χ0v) is 15.8. The normalized spacial score (nSPS) is 10.1. The molecule has 0 heterocycles. The quantitative estimate of drug-likeness (QED) is 0.643. The monoisotopic (exact) mass is 389 g/mol. The summed E-state index contributed by atoms with van der Waals surface area (Å²) in [7, 11) is 1.31. The Labute approximate surface area is 168 Å². The number of benzene rings is 3. The molecule has 1 amide bonds. The highest BCUT2D eigenvalue weighted by Crippen LogP contribution is 2.15. The Morgan fingerprint density at radius 3 is 2.14 bits per heavy atom. The van der Waals surface area contributed by atoms with Crippen LogP contribution < -0.4 is 5.32 Å². The van der Waals surface area contributed by atoms with Crippen molar-refractivity contribution in [2.24, 2.45) is 0 Å². The summed E-state index contributed by atoms with van der Waals surface area (Å²) in [6.45, 7) is 0.0564. The second-order valence-corrected chi connectivity index (χ2v) is 6.17. The second kappa shape index (κ2) is 9.32. The topological polar surface area (TPSA) is 81.7 Å². The van der Waals surface area contributed by atoms with Crippen molar-refractivity contribution in [1.82, 2.24) is 0 Å². The summed E-state index contributed by atoms with van der Waals surface area (Å²) >= 11 is 0. The molecule has 0 aliphatic heterocycles. The minimum Gasteiger partial charge on any atom is -0.465 e. The van der Waals surface area contributed by atoms with Crippen molar-refractivity contribution in [3.63, 3.8) is 0 Å². The lowest BCUT2D eigenvalue weighted by Gasteiger charge is -2.08. The molecule has 3 rings (SSSR count). The highest BCUT2D eigenvalue weighted by molar-refractivity contribution is 6.04. The van der Waals surface area contributed by atoms with Gasteiger partial charge in [-0.25, -0.2) is 9.59 Å². The van der Waals surface area contributed by atoms with E-state index in [0.29, 0.717) is 22.4 Å². The van der Waals surface area contributed by atoms with E-state index in [1.54, 1.807) is 72.8 Å². The molecule has 0 aliphatic carbocycles. The molecule has 3 aromatic rings. The molecule has 0 saturated heterocycles. The zero-order valence-electron chi connectivity index (χ0n) is 15.8. The van der Waals surface area contributed by atoms with Crippen LogP contribution in [0.2, 0.25) is 0 Å². The number of hydrogen-bond donors (Lipinski definition) is 1. The van der Waals surface area contributed by atoms with Crippen molar-refractivity contribution >= 4 is 23.5 Å². The first-order chi connectivity index (χ1) is 14.1. The Kier molecular flexibility index (Phi) is 6.37. The molecule has 1 N–H and O–H groups in total. The lowest BCUT2D eigenvalue weighted by molar-refractivity contribution is 0.0471. The smallest absolute Gasteiger partial charge is 0.338 e. The molecule has 0 aromatic heterocycles. The molecular weight excluding hydrogens is 370 g/mol. The minimum absolute atomic E-state index is 0.0564. The lowest BCUT2D eigenvalue weighted by Crippen LogP contribution is -2.12. The summed E-state index contributed by atoms with van der Waals surface area (Å²) in [4.78, 5) is 36.0. The van der Waals surface area contributed by atoms with Crippen LogP contribution in [0.3, 0.4) is 0 Å². The first-order valence-corrected chi connectivity index (χ1v) is 8.87. The molecule has 29 heavy (non-hydrogen) atoms. The number of carbonyl (C=O) groups excluding carboxylic acids is 3. The van der Waals surface area contributed by atoms with Crippen LogP contribution in [0.5, 0.6) is 0 Å². The molecule has 0 saturated carbocycles. The van der Waals surface area contributed by atoms with Gasteiger partial charge >= 0.3 is 11.9 Å². The third-order valence-electron chi connectivity index (χ3n) is 4.14. The third kappa shape index (κ3) is 5.29. The predicted octanol–water partition coefficient (Wildman–Crippen LogP) is 4.08. The molecule has 0 aliphatic rings. The van der Waals surface area contributed by atoms with Crippen LogP contribution in [0.15, 0.2) is 78.9 Å². The Bertz CT molecular complexity index is 1010. The van der Waals surface area contributed by atoms with Gasteiger partial charge in [0.1, 0.15) is 6.61 Å². The predicted molar refractivity (Wildman–Crippen MR) is 108 cm³/mol. The van der Waals surface area contributed by atoms with Gasteiger partial charge < -0.3 is 14.8 Å². The van der Waals surface area contributed by atoms with E-state index in [9.17, 15) is 14.4 Å². The first kappa shape index (κ1) is 19.8. The summed E-state index contributed by atoms with van der Waals surface area (Å²) in [6.07, 6.45) is 0. The molecule has 0 bridgehead atoms. The van der Waals surface area contributed by atoms with Crippen LogP contribution in [0.1, 0.15) is 36.6 Å². The fraction of sp³-hybridized carbons (Fsp3) is 0.0870. The molecule has 0 spiro atoms. The molecule has 0 radical (unpaired) electrons. The lowest BCUT2D eigenvalue weighted by atomic mass is 10.1. The van der Waals surface area contributed by atoms with Gasteiger partial charge in [0.05, 0.1) is 18.2 Å². The van der Waals surface area contributed by atoms with Crippen molar-refractivity contribution in [1.29, 1.82) is 0 Å². The van der Waals surface area contributed by atoms with Crippen LogP contribution in [-0.4, -0.2) is 25.0 Å². The Balaban J connectivity index is 1.60. The summed E-state index contributed by atoms with van der Waals surface area (Å²) < 4.78 is 9.96. The fourth-order valence-electron chi connectivity index (χ4n) is 2.60. The van der Waals surface area contributed by atoms with E-state index in [1.807, 2.05) is 6.07 Å². The van der Waals surface area contributed by atoms with Crippen LogP contribution in [-0.2, 0) is 16.1 Å². The van der Waals surface area contributed by atoms with E-state index in [0.717, 1.165) is 5.56 Å². The van der Waals surface area contributed by atoms with Crippen LogP contribution >= 0.6 is 0 Å². The minimum atomic E-state index is -0.516. The molecule has 0 atom stereocenters. The van der Waals surface area contributed by atoms with Crippen molar-refractivity contribution in [3.8, 4) is 0 Å². The number of rotatable bonds is 6. The van der Waals surface area contributed by atoms with Gasteiger partial charge in [-0.2, -0.15) is 0 Å².